The number of thioether (sulfide) groups is 1. The second kappa shape index (κ2) is 9.15. The summed E-state index contributed by atoms with van der Waals surface area (Å²) >= 11 is 13.4. The first-order chi connectivity index (χ1) is 13.3. The summed E-state index contributed by atoms with van der Waals surface area (Å²) in [6.07, 6.45) is 2.35. The van der Waals surface area contributed by atoms with Crippen LogP contribution in [0, 0.1) is 0 Å². The van der Waals surface area contributed by atoms with E-state index in [1.165, 1.54) is 11.8 Å². The third kappa shape index (κ3) is 5.40. The van der Waals surface area contributed by atoms with Gasteiger partial charge in [0.2, 0.25) is 11.8 Å². The van der Waals surface area contributed by atoms with Crippen LogP contribution in [0.4, 0.5) is 0 Å². The minimum atomic E-state index is -0.377. The first-order valence-corrected chi connectivity index (χ1v) is 10.7. The number of nitrogens with zero attached hydrogens (tertiary/aromatic N) is 3. The van der Waals surface area contributed by atoms with E-state index in [0.717, 1.165) is 24.2 Å². The van der Waals surface area contributed by atoms with Gasteiger partial charge in [-0.1, -0.05) is 41.0 Å². The molecule has 0 aliphatic heterocycles. The Morgan fingerprint density at radius 1 is 1.36 bits per heavy atom. The van der Waals surface area contributed by atoms with Crippen LogP contribution in [0.25, 0.3) is 0 Å². The number of rotatable bonds is 9. The molecular weight excluding hydrogens is 421 g/mol. The van der Waals surface area contributed by atoms with E-state index in [1.54, 1.807) is 18.2 Å². The highest BCUT2D eigenvalue weighted by Crippen LogP contribution is 2.40. The lowest BCUT2D eigenvalue weighted by atomic mass is 10.1. The lowest BCUT2D eigenvalue weighted by Gasteiger charge is -2.16. The lowest BCUT2D eigenvalue weighted by molar-refractivity contribution is -0.119. The zero-order chi connectivity index (χ0) is 20.3. The van der Waals surface area contributed by atoms with E-state index in [9.17, 15) is 9.59 Å². The predicted octanol–water partition coefficient (Wildman–Crippen LogP) is 3.31. The largest absolute Gasteiger partial charge is 0.370 e. The van der Waals surface area contributed by atoms with Crippen LogP contribution >= 0.6 is 35.0 Å². The molecule has 2 aromatic rings. The maximum Gasteiger partial charge on any atom is 0.230 e. The summed E-state index contributed by atoms with van der Waals surface area (Å²) in [6.45, 7) is 2.28. The minimum absolute atomic E-state index is 0.152. The van der Waals surface area contributed by atoms with Crippen molar-refractivity contribution in [3.63, 3.8) is 0 Å². The van der Waals surface area contributed by atoms with E-state index < -0.39 is 0 Å². The Bertz CT molecular complexity index is 885. The molecule has 0 radical (unpaired) electrons. The molecule has 1 aliphatic carbocycles. The molecule has 1 saturated carbocycles. The van der Waals surface area contributed by atoms with Gasteiger partial charge in [0.15, 0.2) is 5.16 Å². The van der Waals surface area contributed by atoms with E-state index in [1.807, 2.05) is 11.5 Å². The lowest BCUT2D eigenvalue weighted by Crippen LogP contribution is -2.28. The Kier molecular flexibility index (Phi) is 6.85. The van der Waals surface area contributed by atoms with Gasteiger partial charge in [-0.15, -0.1) is 10.2 Å². The second-order valence-electron chi connectivity index (χ2n) is 6.73. The molecule has 0 saturated heterocycles. The number of hydrogen-bond donors (Lipinski definition) is 2. The molecular formula is C18H21Cl2N5O2S. The highest BCUT2D eigenvalue weighted by molar-refractivity contribution is 7.99. The topological polar surface area (TPSA) is 103 Å². The molecule has 1 aromatic heterocycles. The number of nitrogens with two attached hydrogens (primary N) is 1. The van der Waals surface area contributed by atoms with Gasteiger partial charge in [0.25, 0.3) is 0 Å². The first-order valence-electron chi connectivity index (χ1n) is 8.93. The predicted molar refractivity (Wildman–Crippen MR) is 110 cm³/mol. The maximum atomic E-state index is 12.4. The zero-order valence-corrected chi connectivity index (χ0v) is 17.7. The van der Waals surface area contributed by atoms with E-state index in [4.69, 9.17) is 28.9 Å². The highest BCUT2D eigenvalue weighted by Gasteiger charge is 2.30. The molecule has 0 spiro atoms. The van der Waals surface area contributed by atoms with Crippen molar-refractivity contribution in [1.82, 2.24) is 20.1 Å². The summed E-state index contributed by atoms with van der Waals surface area (Å²) in [4.78, 5) is 23.5. The molecule has 3 rings (SSSR count). The maximum absolute atomic E-state index is 12.4. The molecule has 28 heavy (non-hydrogen) atoms. The number of primary amides is 1. The molecule has 1 atom stereocenters. The fourth-order valence-electron chi connectivity index (χ4n) is 2.83. The zero-order valence-electron chi connectivity index (χ0n) is 15.3. The molecule has 10 heteroatoms. The Hall–Kier alpha value is -1.77. The van der Waals surface area contributed by atoms with Crippen molar-refractivity contribution >= 4 is 46.8 Å². The summed E-state index contributed by atoms with van der Waals surface area (Å²) in [5, 5.41) is 13.0. The number of benzene rings is 1. The van der Waals surface area contributed by atoms with E-state index in [-0.39, 0.29) is 30.0 Å². The molecule has 1 heterocycles. The second-order valence-corrected chi connectivity index (χ2v) is 8.51. The number of carbonyl (C=O) groups is 2. The van der Waals surface area contributed by atoms with Gasteiger partial charge < -0.3 is 15.6 Å². The van der Waals surface area contributed by atoms with Crippen LogP contribution < -0.4 is 11.1 Å². The molecule has 1 fully saturated rings. The molecule has 1 aromatic carbocycles. The third-order valence-corrected chi connectivity index (χ3v) is 5.94. The van der Waals surface area contributed by atoms with E-state index in [0.29, 0.717) is 27.7 Å². The summed E-state index contributed by atoms with van der Waals surface area (Å²) in [5.41, 5.74) is 6.07. The van der Waals surface area contributed by atoms with Gasteiger partial charge >= 0.3 is 0 Å². The monoisotopic (exact) mass is 441 g/mol. The quantitative estimate of drug-likeness (QED) is 0.580. The van der Waals surface area contributed by atoms with Crippen molar-refractivity contribution in [2.24, 2.45) is 5.73 Å². The van der Waals surface area contributed by atoms with Crippen LogP contribution in [-0.2, 0) is 16.1 Å². The van der Waals surface area contributed by atoms with Gasteiger partial charge in [0.1, 0.15) is 5.82 Å². The molecule has 1 aliphatic rings. The number of halogens is 2. The van der Waals surface area contributed by atoms with E-state index in [2.05, 4.69) is 15.5 Å². The Morgan fingerprint density at radius 3 is 2.75 bits per heavy atom. The Labute approximate surface area is 177 Å². The molecule has 7 nitrogen and oxygen atoms in total. The van der Waals surface area contributed by atoms with Gasteiger partial charge in [0.05, 0.1) is 11.8 Å². The van der Waals surface area contributed by atoms with Crippen LogP contribution in [0.2, 0.25) is 10.0 Å². The normalized spacial score (nSPS) is 14.7. The van der Waals surface area contributed by atoms with Crippen LogP contribution in [-0.4, -0.2) is 32.3 Å². The van der Waals surface area contributed by atoms with Crippen molar-refractivity contribution in [3.05, 3.63) is 39.6 Å². The van der Waals surface area contributed by atoms with Crippen molar-refractivity contribution in [3.8, 4) is 0 Å². The molecule has 2 amide bonds. The fourth-order valence-corrected chi connectivity index (χ4v) is 4.18. The van der Waals surface area contributed by atoms with Crippen molar-refractivity contribution < 1.29 is 9.59 Å². The number of amides is 2. The fraction of sp³-hybridized carbons (Fsp3) is 0.444. The summed E-state index contributed by atoms with van der Waals surface area (Å²) in [5.74, 6) is 0.898. The van der Waals surface area contributed by atoms with Gasteiger partial charge in [-0.05, 0) is 37.5 Å². The molecule has 0 bridgehead atoms. The van der Waals surface area contributed by atoms with E-state index >= 15 is 0 Å². The van der Waals surface area contributed by atoms with Crippen LogP contribution in [0.5, 0.6) is 0 Å². The minimum Gasteiger partial charge on any atom is -0.370 e. The SMILES string of the molecule is CC(NC(=O)CSc1nnc(C2CC2)n1CCC(N)=O)c1ccc(Cl)cc1Cl. The van der Waals surface area contributed by atoms with Gasteiger partial charge in [-0.2, -0.15) is 0 Å². The number of hydrogen-bond acceptors (Lipinski definition) is 5. The average molecular weight is 442 g/mol. The summed E-state index contributed by atoms with van der Waals surface area (Å²) < 4.78 is 1.90. The Balaban J connectivity index is 1.60. The van der Waals surface area contributed by atoms with Crippen LogP contribution in [0.3, 0.4) is 0 Å². The van der Waals surface area contributed by atoms with Crippen molar-refractivity contribution in [2.45, 2.75) is 49.8 Å². The standard InChI is InChI=1S/C18H21Cl2N5O2S/c1-10(13-5-4-12(19)8-14(13)20)22-16(27)9-28-18-24-23-17(11-2-3-11)25(18)7-6-15(21)26/h4-5,8,10-11H,2-3,6-7,9H2,1H3,(H2,21,26)(H,22,27). The average Bonchev–Trinajstić information content (AvgIpc) is 3.38. The summed E-state index contributed by atoms with van der Waals surface area (Å²) in [6, 6.07) is 4.93. The third-order valence-electron chi connectivity index (χ3n) is 4.41. The smallest absolute Gasteiger partial charge is 0.230 e. The van der Waals surface area contributed by atoms with Crippen molar-refractivity contribution in [1.29, 1.82) is 0 Å². The van der Waals surface area contributed by atoms with Gasteiger partial charge in [0, 0.05) is 28.9 Å². The molecule has 150 valence electrons. The van der Waals surface area contributed by atoms with Gasteiger partial charge in [-0.3, -0.25) is 9.59 Å². The number of carbonyl (C=O) groups excluding carboxylic acids is 2. The highest BCUT2D eigenvalue weighted by atomic mass is 35.5. The Morgan fingerprint density at radius 2 is 2.11 bits per heavy atom. The summed E-state index contributed by atoms with van der Waals surface area (Å²) in [7, 11) is 0. The van der Waals surface area contributed by atoms with Crippen LogP contribution in [0.15, 0.2) is 23.4 Å². The van der Waals surface area contributed by atoms with Crippen LogP contribution in [0.1, 0.15) is 49.5 Å². The number of nitrogens with one attached hydrogen (secondary N) is 1. The van der Waals surface area contributed by atoms with Crippen molar-refractivity contribution in [2.75, 3.05) is 5.75 Å². The molecule has 3 N–H and O–H groups in total. The molecule has 1 unspecified atom stereocenters. The number of aromatic nitrogens is 3. The first kappa shape index (κ1) is 21.0. The van der Waals surface area contributed by atoms with Gasteiger partial charge in [-0.25, -0.2) is 0 Å².